The first kappa shape index (κ1) is 28.6. The molecule has 8 heteroatoms. The van der Waals surface area contributed by atoms with Crippen molar-refractivity contribution in [2.75, 3.05) is 61.8 Å². The number of unbranched alkanes of at least 4 members (excludes halogenated alkanes) is 2. The van der Waals surface area contributed by atoms with Crippen LogP contribution < -0.4 is 18.9 Å². The summed E-state index contributed by atoms with van der Waals surface area (Å²) in [5.74, 6) is 2.65. The van der Waals surface area contributed by atoms with Gasteiger partial charge < -0.3 is 33.3 Å². The largest absolute Gasteiger partial charge is 0.493 e. The van der Waals surface area contributed by atoms with Gasteiger partial charge in [0.05, 0.1) is 61.6 Å². The second-order valence-corrected chi connectivity index (χ2v) is 9.75. The van der Waals surface area contributed by atoms with E-state index >= 15 is 0 Å². The van der Waals surface area contributed by atoms with Gasteiger partial charge in [-0.05, 0) is 54.7 Å². The molecule has 1 N–H and O–H groups in total. The van der Waals surface area contributed by atoms with Gasteiger partial charge in [0.1, 0.15) is 6.04 Å². The maximum atomic E-state index is 12.6. The molecule has 0 aliphatic carbocycles. The van der Waals surface area contributed by atoms with E-state index in [-0.39, 0.29) is 18.6 Å². The van der Waals surface area contributed by atoms with Gasteiger partial charge in [-0.15, -0.1) is 0 Å². The van der Waals surface area contributed by atoms with Crippen LogP contribution in [0.5, 0.6) is 23.0 Å². The number of carbonyl (C=O) groups excluding carboxylic acids is 1. The average Bonchev–Trinajstić information content (AvgIpc) is 2.92. The summed E-state index contributed by atoms with van der Waals surface area (Å²) < 4.78 is 28.4. The number of aliphatic hydroxyl groups is 1. The number of fused-ring (bicyclic) bond motifs is 1. The van der Waals surface area contributed by atoms with Gasteiger partial charge in [-0.3, -0.25) is 4.79 Å². The number of quaternary nitrogens is 1. The third-order valence-corrected chi connectivity index (χ3v) is 7.42. The lowest BCUT2D eigenvalue weighted by Crippen LogP contribution is -2.53. The summed E-state index contributed by atoms with van der Waals surface area (Å²) in [6.07, 6.45) is 4.35. The van der Waals surface area contributed by atoms with Crippen LogP contribution in [0.2, 0.25) is 0 Å². The molecule has 0 saturated heterocycles. The number of carbonyl (C=O) groups is 1. The van der Waals surface area contributed by atoms with E-state index < -0.39 is 0 Å². The third-order valence-electron chi connectivity index (χ3n) is 7.42. The zero-order valence-corrected chi connectivity index (χ0v) is 22.9. The van der Waals surface area contributed by atoms with Crippen molar-refractivity contribution in [3.8, 4) is 23.0 Å². The van der Waals surface area contributed by atoms with Crippen molar-refractivity contribution < 1.29 is 38.1 Å². The summed E-state index contributed by atoms with van der Waals surface area (Å²) >= 11 is 0. The van der Waals surface area contributed by atoms with Crippen LogP contribution in [0.25, 0.3) is 0 Å². The average molecular weight is 517 g/mol. The standard InChI is InChI=1S/C29H42NO7/c1-30(14-12-29(32)37-16-8-6-7-15-31)13-11-22-19-27(35-4)28(36-5)20-23(22)24(30)17-21-9-10-25(33-2)26(18-21)34-3/h9-10,18-20,24,31H,6-8,11-17H2,1-5H3/q+1/t24?,30-/m1/s1. The molecular formula is C29H42NO7+. The number of hydrogen-bond donors (Lipinski definition) is 1. The summed E-state index contributed by atoms with van der Waals surface area (Å²) in [4.78, 5) is 12.6. The number of likely N-dealkylation sites (N-methyl/N-ethyl adjacent to an activating group) is 1. The minimum Gasteiger partial charge on any atom is -0.493 e. The van der Waals surface area contributed by atoms with E-state index in [9.17, 15) is 4.79 Å². The molecule has 1 heterocycles. The first-order valence-corrected chi connectivity index (χ1v) is 13.0. The van der Waals surface area contributed by atoms with Crippen LogP contribution in [0, 0.1) is 0 Å². The number of aliphatic hydroxyl groups excluding tert-OH is 1. The molecule has 0 saturated carbocycles. The van der Waals surface area contributed by atoms with Crippen LogP contribution in [0.4, 0.5) is 0 Å². The normalized spacial score (nSPS) is 18.6. The van der Waals surface area contributed by atoms with Crippen molar-refractivity contribution in [1.82, 2.24) is 0 Å². The Balaban J connectivity index is 1.87. The molecule has 1 aliphatic heterocycles. The quantitative estimate of drug-likeness (QED) is 0.230. The molecule has 1 unspecified atom stereocenters. The molecule has 37 heavy (non-hydrogen) atoms. The number of methoxy groups -OCH3 is 4. The first-order valence-electron chi connectivity index (χ1n) is 13.0. The Morgan fingerprint density at radius 1 is 0.919 bits per heavy atom. The van der Waals surface area contributed by atoms with Crippen molar-refractivity contribution in [2.24, 2.45) is 0 Å². The van der Waals surface area contributed by atoms with Crippen LogP contribution in [0.3, 0.4) is 0 Å². The first-order chi connectivity index (χ1) is 17.9. The molecule has 0 spiro atoms. The minimum absolute atomic E-state index is 0.0963. The number of rotatable bonds is 14. The van der Waals surface area contributed by atoms with Gasteiger partial charge in [-0.25, -0.2) is 0 Å². The molecule has 0 amide bonds. The van der Waals surface area contributed by atoms with Crippen LogP contribution in [-0.2, 0) is 22.4 Å². The second-order valence-electron chi connectivity index (χ2n) is 9.75. The Labute approximate surface area is 220 Å². The van der Waals surface area contributed by atoms with Gasteiger partial charge in [0, 0.05) is 25.0 Å². The molecule has 0 bridgehead atoms. The summed E-state index contributed by atoms with van der Waals surface area (Å²) in [7, 11) is 8.81. The van der Waals surface area contributed by atoms with Crippen LogP contribution in [0.1, 0.15) is 48.4 Å². The molecule has 2 atom stereocenters. The van der Waals surface area contributed by atoms with Gasteiger partial charge in [0.25, 0.3) is 0 Å². The Kier molecular flexibility index (Phi) is 10.5. The van der Waals surface area contributed by atoms with Gasteiger partial charge in [-0.2, -0.15) is 0 Å². The van der Waals surface area contributed by atoms with Gasteiger partial charge in [0.15, 0.2) is 23.0 Å². The summed E-state index contributed by atoms with van der Waals surface area (Å²) in [6, 6.07) is 10.3. The van der Waals surface area contributed by atoms with E-state index in [4.69, 9.17) is 28.8 Å². The lowest BCUT2D eigenvalue weighted by atomic mass is 9.86. The fourth-order valence-electron chi connectivity index (χ4n) is 5.16. The highest BCUT2D eigenvalue weighted by molar-refractivity contribution is 5.69. The molecule has 0 radical (unpaired) electrons. The molecule has 8 nitrogen and oxygen atoms in total. The smallest absolute Gasteiger partial charge is 0.311 e. The summed E-state index contributed by atoms with van der Waals surface area (Å²) in [5, 5.41) is 8.91. The van der Waals surface area contributed by atoms with Gasteiger partial charge >= 0.3 is 5.97 Å². The highest BCUT2D eigenvalue weighted by Gasteiger charge is 2.40. The molecule has 2 aromatic carbocycles. The van der Waals surface area contributed by atoms with Gasteiger partial charge in [0.2, 0.25) is 0 Å². The fourth-order valence-corrected chi connectivity index (χ4v) is 5.16. The molecule has 0 aromatic heterocycles. The topological polar surface area (TPSA) is 83.5 Å². The Morgan fingerprint density at radius 2 is 1.59 bits per heavy atom. The van der Waals surface area contributed by atoms with Crippen molar-refractivity contribution in [3.63, 3.8) is 0 Å². The highest BCUT2D eigenvalue weighted by Crippen LogP contribution is 2.43. The molecule has 0 fully saturated rings. The predicted octanol–water partition coefficient (Wildman–Crippen LogP) is 4.10. The second kappa shape index (κ2) is 13.5. The number of esters is 1. The number of ether oxygens (including phenoxy) is 5. The monoisotopic (exact) mass is 516 g/mol. The summed E-state index contributed by atoms with van der Waals surface area (Å²) in [6.45, 7) is 2.13. The van der Waals surface area contributed by atoms with Crippen LogP contribution in [0.15, 0.2) is 30.3 Å². The number of hydrogen-bond acceptors (Lipinski definition) is 7. The van der Waals surface area contributed by atoms with Crippen molar-refractivity contribution in [1.29, 1.82) is 0 Å². The lowest BCUT2D eigenvalue weighted by molar-refractivity contribution is -0.940. The van der Waals surface area contributed by atoms with E-state index in [1.165, 1.54) is 11.1 Å². The third kappa shape index (κ3) is 7.08. The molecule has 2 aromatic rings. The van der Waals surface area contributed by atoms with E-state index in [2.05, 4.69) is 25.2 Å². The van der Waals surface area contributed by atoms with Crippen molar-refractivity contribution in [2.45, 2.75) is 44.6 Å². The van der Waals surface area contributed by atoms with E-state index in [0.29, 0.717) is 41.3 Å². The Morgan fingerprint density at radius 3 is 2.27 bits per heavy atom. The maximum Gasteiger partial charge on any atom is 0.311 e. The molecule has 204 valence electrons. The summed E-state index contributed by atoms with van der Waals surface area (Å²) in [5.41, 5.74) is 3.57. The van der Waals surface area contributed by atoms with Crippen molar-refractivity contribution in [3.05, 3.63) is 47.0 Å². The maximum absolute atomic E-state index is 12.6. The molecule has 1 aliphatic rings. The lowest BCUT2D eigenvalue weighted by Gasteiger charge is -2.46. The number of nitrogens with zero attached hydrogens (tertiary/aromatic N) is 1. The Hall–Kier alpha value is -2.97. The Bertz CT molecular complexity index is 1040. The highest BCUT2D eigenvalue weighted by atomic mass is 16.5. The van der Waals surface area contributed by atoms with E-state index in [0.717, 1.165) is 50.0 Å². The molecule has 3 rings (SSSR count). The number of benzene rings is 2. The predicted molar refractivity (Wildman–Crippen MR) is 142 cm³/mol. The fraction of sp³-hybridized carbons (Fsp3) is 0.552. The zero-order valence-electron chi connectivity index (χ0n) is 22.9. The minimum atomic E-state index is -0.175. The van der Waals surface area contributed by atoms with Crippen molar-refractivity contribution >= 4 is 5.97 Å². The van der Waals surface area contributed by atoms with E-state index in [1.807, 2.05) is 12.1 Å². The molecular weight excluding hydrogens is 474 g/mol. The van der Waals surface area contributed by atoms with Crippen LogP contribution >= 0.6 is 0 Å². The van der Waals surface area contributed by atoms with Crippen LogP contribution in [-0.4, -0.2) is 77.3 Å². The van der Waals surface area contributed by atoms with Gasteiger partial charge in [-0.1, -0.05) is 6.07 Å². The SMILES string of the molecule is COc1ccc(CC2c3cc(OC)c(OC)cc3CC[N@+]2(C)CCC(=O)OCCCCCO)cc1OC. The van der Waals surface area contributed by atoms with E-state index in [1.54, 1.807) is 28.4 Å². The zero-order chi connectivity index (χ0) is 26.8.